The third-order valence-electron chi connectivity index (χ3n) is 7.37. The van der Waals surface area contributed by atoms with E-state index in [-0.39, 0.29) is 45.8 Å². The highest BCUT2D eigenvalue weighted by Crippen LogP contribution is 2.38. The predicted molar refractivity (Wildman–Crippen MR) is 137 cm³/mol. The van der Waals surface area contributed by atoms with Crippen LogP contribution in [0.1, 0.15) is 12.5 Å². The Morgan fingerprint density at radius 2 is 1.54 bits per heavy atom. The van der Waals surface area contributed by atoms with E-state index in [0.29, 0.717) is 0 Å². The van der Waals surface area contributed by atoms with Crippen molar-refractivity contribution in [3.05, 3.63) is 46.1 Å². The molecule has 0 aliphatic carbocycles. The highest BCUT2D eigenvalue weighted by atomic mass is 16.7. The van der Waals surface area contributed by atoms with Crippen LogP contribution in [0.5, 0.6) is 23.0 Å². The van der Waals surface area contributed by atoms with E-state index in [2.05, 4.69) is 0 Å². The first-order valence-electron chi connectivity index (χ1n) is 12.7. The van der Waals surface area contributed by atoms with Crippen LogP contribution in [0.25, 0.3) is 22.3 Å². The van der Waals surface area contributed by atoms with Gasteiger partial charge in [-0.05, 0) is 25.1 Å². The Morgan fingerprint density at radius 3 is 2.17 bits per heavy atom. The number of phenolic OH excluding ortho intramolecular Hbond substituents is 3. The highest BCUT2D eigenvalue weighted by molar-refractivity contribution is 5.87. The van der Waals surface area contributed by atoms with Crippen molar-refractivity contribution < 1.29 is 64.6 Å². The van der Waals surface area contributed by atoms with Gasteiger partial charge in [-0.3, -0.25) is 4.79 Å². The van der Waals surface area contributed by atoms with Gasteiger partial charge >= 0.3 is 0 Å². The van der Waals surface area contributed by atoms with Gasteiger partial charge < -0.3 is 64.6 Å². The second-order valence-electron chi connectivity index (χ2n) is 10.1. The van der Waals surface area contributed by atoms with Crippen LogP contribution in [0.15, 0.2) is 39.5 Å². The summed E-state index contributed by atoms with van der Waals surface area (Å²) in [6, 6.07) is 5.85. The van der Waals surface area contributed by atoms with Crippen molar-refractivity contribution in [3.8, 4) is 34.3 Å². The first-order chi connectivity index (χ1) is 19.4. The number of hydrogen-bond acceptors (Lipinski definition) is 14. The fourth-order valence-electron chi connectivity index (χ4n) is 5.09. The molecule has 0 saturated carbocycles. The Morgan fingerprint density at radius 1 is 0.829 bits per heavy atom. The van der Waals surface area contributed by atoms with E-state index in [0.717, 1.165) is 18.2 Å². The molecule has 2 aromatic carbocycles. The van der Waals surface area contributed by atoms with Crippen LogP contribution in [-0.4, -0.2) is 108 Å². The van der Waals surface area contributed by atoms with E-state index < -0.39 is 78.7 Å². The maximum atomic E-state index is 13.6. The number of aromatic hydroxyl groups is 3. The van der Waals surface area contributed by atoms with Crippen molar-refractivity contribution in [2.75, 3.05) is 6.61 Å². The SMILES string of the molecule is CC1OC(Cc2c(-c3ccc(OC4OC(CO)C(O)C(O)C4O)c(O)c3)oc3cc(O)cc(O)c3c2=O)C(O)C1O. The maximum Gasteiger partial charge on any atom is 0.229 e. The first kappa shape index (κ1) is 29.0. The standard InChI is InChI=1S/C27H30O14/c1-9-20(32)22(34)17(38-9)7-12-21(33)19-14(31)5-11(29)6-16(19)39-26(12)10-2-3-15(13(30)4-10)40-27-25(37)24(36)23(35)18(8-28)41-27/h2-6,9,17-18,20,22-25,27-32,34-37H,7-8H2,1H3. The number of hydrogen-bond donors (Lipinski definition) is 9. The molecule has 0 amide bonds. The fraction of sp³-hybridized carbons (Fsp3) is 0.444. The highest BCUT2D eigenvalue weighted by Gasteiger charge is 2.45. The number of benzene rings is 2. The molecule has 1 aromatic heterocycles. The molecule has 2 aliphatic heterocycles. The maximum absolute atomic E-state index is 13.6. The van der Waals surface area contributed by atoms with Crippen molar-refractivity contribution >= 4 is 11.0 Å². The van der Waals surface area contributed by atoms with E-state index in [4.69, 9.17) is 18.6 Å². The van der Waals surface area contributed by atoms with Crippen LogP contribution in [0.3, 0.4) is 0 Å². The van der Waals surface area contributed by atoms with Gasteiger partial charge in [0.15, 0.2) is 16.9 Å². The Labute approximate surface area is 231 Å². The molecule has 14 nitrogen and oxygen atoms in total. The van der Waals surface area contributed by atoms with Crippen molar-refractivity contribution in [1.82, 2.24) is 0 Å². The van der Waals surface area contributed by atoms with Crippen LogP contribution in [0.2, 0.25) is 0 Å². The van der Waals surface area contributed by atoms with Gasteiger partial charge in [-0.15, -0.1) is 0 Å². The van der Waals surface area contributed by atoms with Crippen molar-refractivity contribution in [1.29, 1.82) is 0 Å². The Bertz CT molecular complexity index is 1490. The largest absolute Gasteiger partial charge is 0.508 e. The zero-order chi connectivity index (χ0) is 29.7. The van der Waals surface area contributed by atoms with Gasteiger partial charge in [0.05, 0.1) is 18.8 Å². The number of ether oxygens (including phenoxy) is 3. The third kappa shape index (κ3) is 5.20. The van der Waals surface area contributed by atoms with Crippen LogP contribution >= 0.6 is 0 Å². The molecule has 3 heterocycles. The molecule has 3 aromatic rings. The van der Waals surface area contributed by atoms with Gasteiger partial charge in [0.25, 0.3) is 0 Å². The van der Waals surface area contributed by atoms with Crippen LogP contribution in [0, 0.1) is 0 Å². The normalized spacial score (nSPS) is 31.9. The molecular formula is C27H30O14. The molecule has 14 heteroatoms. The van der Waals surface area contributed by atoms with Crippen molar-refractivity contribution in [3.63, 3.8) is 0 Å². The van der Waals surface area contributed by atoms with Gasteiger partial charge in [-0.25, -0.2) is 0 Å². The average Bonchev–Trinajstić information content (AvgIpc) is 3.17. The summed E-state index contributed by atoms with van der Waals surface area (Å²) in [6.45, 7) is 0.873. The Balaban J connectivity index is 1.54. The Hall–Kier alpha value is -3.47. The summed E-state index contributed by atoms with van der Waals surface area (Å²) in [6.07, 6.45) is -12.4. The summed E-state index contributed by atoms with van der Waals surface area (Å²) in [7, 11) is 0. The van der Waals surface area contributed by atoms with Crippen molar-refractivity contribution in [2.24, 2.45) is 0 Å². The molecule has 5 rings (SSSR count). The molecule has 0 bridgehead atoms. The lowest BCUT2D eigenvalue weighted by atomic mass is 9.96. The average molecular weight is 579 g/mol. The lowest BCUT2D eigenvalue weighted by molar-refractivity contribution is -0.277. The molecule has 0 spiro atoms. The minimum Gasteiger partial charge on any atom is -0.508 e. The number of phenols is 3. The van der Waals surface area contributed by atoms with Gasteiger partial charge in [0.1, 0.15) is 64.9 Å². The van der Waals surface area contributed by atoms with Crippen LogP contribution in [-0.2, 0) is 15.9 Å². The molecule has 0 radical (unpaired) electrons. The van der Waals surface area contributed by atoms with Crippen LogP contribution in [0.4, 0.5) is 0 Å². The fourth-order valence-corrected chi connectivity index (χ4v) is 5.09. The third-order valence-corrected chi connectivity index (χ3v) is 7.37. The summed E-state index contributed by atoms with van der Waals surface area (Å²) in [5.41, 5.74) is -0.814. The molecule has 9 atom stereocenters. The molecule has 9 unspecified atom stereocenters. The number of fused-ring (bicyclic) bond motifs is 1. The monoisotopic (exact) mass is 578 g/mol. The summed E-state index contributed by atoms with van der Waals surface area (Å²) in [5.74, 6) is -1.78. The van der Waals surface area contributed by atoms with Gasteiger partial charge in [-0.2, -0.15) is 0 Å². The lowest BCUT2D eigenvalue weighted by Crippen LogP contribution is -2.60. The summed E-state index contributed by atoms with van der Waals surface area (Å²) in [4.78, 5) is 13.6. The summed E-state index contributed by atoms with van der Waals surface area (Å²) >= 11 is 0. The molecule has 222 valence electrons. The second-order valence-corrected chi connectivity index (χ2v) is 10.1. The van der Waals surface area contributed by atoms with Gasteiger partial charge in [-0.1, -0.05) is 0 Å². The summed E-state index contributed by atoms with van der Waals surface area (Å²) in [5, 5.41) is 91.0. The minimum absolute atomic E-state index is 0.0640. The summed E-state index contributed by atoms with van der Waals surface area (Å²) < 4.78 is 22.3. The zero-order valence-corrected chi connectivity index (χ0v) is 21.6. The number of aliphatic hydroxyl groups excluding tert-OH is 6. The topological polar surface area (TPSA) is 240 Å². The smallest absolute Gasteiger partial charge is 0.229 e. The first-order valence-corrected chi connectivity index (χ1v) is 12.7. The molecule has 2 saturated heterocycles. The number of aliphatic hydroxyl groups is 6. The van der Waals surface area contributed by atoms with Gasteiger partial charge in [0, 0.05) is 29.7 Å². The molecule has 2 aliphatic rings. The van der Waals surface area contributed by atoms with Gasteiger partial charge in [0.2, 0.25) is 6.29 Å². The molecule has 2 fully saturated rings. The minimum atomic E-state index is -1.73. The molecule has 41 heavy (non-hydrogen) atoms. The van der Waals surface area contributed by atoms with Crippen LogP contribution < -0.4 is 10.2 Å². The second kappa shape index (κ2) is 11.1. The molecule has 9 N–H and O–H groups in total. The van der Waals surface area contributed by atoms with E-state index in [1.807, 2.05) is 0 Å². The van der Waals surface area contributed by atoms with E-state index >= 15 is 0 Å². The van der Waals surface area contributed by atoms with E-state index in [1.54, 1.807) is 6.92 Å². The number of rotatable bonds is 6. The van der Waals surface area contributed by atoms with E-state index in [1.165, 1.54) is 12.1 Å². The predicted octanol–water partition coefficient (Wildman–Crippen LogP) is -1.19. The Kier molecular flexibility index (Phi) is 7.84. The lowest BCUT2D eigenvalue weighted by Gasteiger charge is -2.39. The zero-order valence-electron chi connectivity index (χ0n) is 21.6. The quantitative estimate of drug-likeness (QED) is 0.167. The van der Waals surface area contributed by atoms with E-state index in [9.17, 15) is 50.8 Å². The molecular weight excluding hydrogens is 548 g/mol. The van der Waals surface area contributed by atoms with Crippen molar-refractivity contribution in [2.45, 2.75) is 68.5 Å².